The molecule has 0 bridgehead atoms. The molecule has 0 aromatic rings. The zero-order valence-corrected chi connectivity index (χ0v) is 9.79. The number of hydrogen-bond donors (Lipinski definition) is 3. The molecule has 1 saturated carbocycles. The number of nitrogens with two attached hydrogens (primary N) is 2. The first-order chi connectivity index (χ1) is 7.44. The predicted molar refractivity (Wildman–Crippen MR) is 61.4 cm³/mol. The standard InChI is InChI=1S/C11H21N3O2/c1-8-3-2-5-11(13,7-8)10(16)14-6-4-9(12)15/h8H,2-7,13H2,1H3,(H2,12,15)(H,14,16). The van der Waals surface area contributed by atoms with Crippen LogP contribution >= 0.6 is 0 Å². The van der Waals surface area contributed by atoms with E-state index in [1.807, 2.05) is 0 Å². The van der Waals surface area contributed by atoms with Crippen LogP contribution in [0.1, 0.15) is 39.0 Å². The van der Waals surface area contributed by atoms with E-state index in [1.54, 1.807) is 0 Å². The average Bonchev–Trinajstić information content (AvgIpc) is 2.16. The molecule has 16 heavy (non-hydrogen) atoms. The monoisotopic (exact) mass is 227 g/mol. The molecule has 0 aliphatic heterocycles. The third-order valence-corrected chi connectivity index (χ3v) is 3.14. The highest BCUT2D eigenvalue weighted by Crippen LogP contribution is 2.30. The fourth-order valence-electron chi connectivity index (χ4n) is 2.27. The zero-order chi connectivity index (χ0) is 12.2. The Morgan fingerprint density at radius 2 is 2.19 bits per heavy atom. The summed E-state index contributed by atoms with van der Waals surface area (Å²) in [4.78, 5) is 22.4. The number of amides is 2. The van der Waals surface area contributed by atoms with E-state index in [1.165, 1.54) is 0 Å². The topological polar surface area (TPSA) is 98.2 Å². The first kappa shape index (κ1) is 13.0. The van der Waals surface area contributed by atoms with E-state index < -0.39 is 11.4 Å². The molecule has 2 atom stereocenters. The maximum atomic E-state index is 11.9. The smallest absolute Gasteiger partial charge is 0.240 e. The third kappa shape index (κ3) is 3.48. The number of primary amides is 1. The van der Waals surface area contributed by atoms with Crippen molar-refractivity contribution in [3.8, 4) is 0 Å². The number of carbonyl (C=O) groups excluding carboxylic acids is 2. The lowest BCUT2D eigenvalue weighted by Gasteiger charge is -2.35. The number of carbonyl (C=O) groups is 2. The normalized spacial score (nSPS) is 29.8. The maximum absolute atomic E-state index is 11.9. The van der Waals surface area contributed by atoms with Crippen molar-refractivity contribution >= 4 is 11.8 Å². The summed E-state index contributed by atoms with van der Waals surface area (Å²) in [6.07, 6.45) is 3.72. The minimum Gasteiger partial charge on any atom is -0.370 e. The van der Waals surface area contributed by atoms with Gasteiger partial charge in [-0.15, -0.1) is 0 Å². The van der Waals surface area contributed by atoms with Gasteiger partial charge in [0.05, 0.1) is 5.54 Å². The van der Waals surface area contributed by atoms with Crippen molar-refractivity contribution in [1.82, 2.24) is 5.32 Å². The van der Waals surface area contributed by atoms with Crippen LogP contribution in [0, 0.1) is 5.92 Å². The summed E-state index contributed by atoms with van der Waals surface area (Å²) in [6, 6.07) is 0. The fraction of sp³-hybridized carbons (Fsp3) is 0.818. The van der Waals surface area contributed by atoms with E-state index >= 15 is 0 Å². The summed E-state index contributed by atoms with van der Waals surface area (Å²) in [6.45, 7) is 2.39. The molecule has 0 spiro atoms. The molecule has 1 fully saturated rings. The Morgan fingerprint density at radius 1 is 1.50 bits per heavy atom. The highest BCUT2D eigenvalue weighted by molar-refractivity contribution is 5.86. The number of hydrogen-bond acceptors (Lipinski definition) is 3. The molecule has 0 radical (unpaired) electrons. The molecule has 0 aromatic carbocycles. The van der Waals surface area contributed by atoms with Crippen LogP contribution in [0.25, 0.3) is 0 Å². The van der Waals surface area contributed by atoms with Crippen LogP contribution in [0.2, 0.25) is 0 Å². The SMILES string of the molecule is CC1CCCC(N)(C(=O)NCCC(N)=O)C1. The second-order valence-electron chi connectivity index (χ2n) is 4.83. The number of rotatable bonds is 4. The Balaban J connectivity index is 2.42. The summed E-state index contributed by atoms with van der Waals surface area (Å²) in [5, 5.41) is 2.68. The van der Waals surface area contributed by atoms with Crippen molar-refractivity contribution in [2.45, 2.75) is 44.6 Å². The second-order valence-corrected chi connectivity index (χ2v) is 4.83. The molecule has 1 aliphatic carbocycles. The molecule has 5 N–H and O–H groups in total. The van der Waals surface area contributed by atoms with Crippen molar-refractivity contribution in [3.63, 3.8) is 0 Å². The fourth-order valence-corrected chi connectivity index (χ4v) is 2.27. The lowest BCUT2D eigenvalue weighted by Crippen LogP contribution is -2.56. The molecule has 1 rings (SSSR count). The Labute approximate surface area is 95.9 Å². The second kappa shape index (κ2) is 5.30. The van der Waals surface area contributed by atoms with Crippen molar-refractivity contribution in [1.29, 1.82) is 0 Å². The van der Waals surface area contributed by atoms with Gasteiger partial charge in [0, 0.05) is 13.0 Å². The van der Waals surface area contributed by atoms with Gasteiger partial charge in [0.15, 0.2) is 0 Å². The predicted octanol–water partition coefficient (Wildman–Crippen LogP) is -0.114. The van der Waals surface area contributed by atoms with Crippen LogP contribution in [0.15, 0.2) is 0 Å². The van der Waals surface area contributed by atoms with Crippen LogP contribution in [0.3, 0.4) is 0 Å². The van der Waals surface area contributed by atoms with Crippen LogP contribution < -0.4 is 16.8 Å². The number of nitrogens with one attached hydrogen (secondary N) is 1. The molecule has 0 aromatic heterocycles. The van der Waals surface area contributed by atoms with Gasteiger partial charge in [-0.1, -0.05) is 19.8 Å². The van der Waals surface area contributed by atoms with Crippen molar-refractivity contribution in [2.75, 3.05) is 6.54 Å². The minimum atomic E-state index is -0.755. The lowest BCUT2D eigenvalue weighted by atomic mass is 9.76. The Bertz CT molecular complexity index is 280. The molecular formula is C11H21N3O2. The zero-order valence-electron chi connectivity index (χ0n) is 9.79. The average molecular weight is 227 g/mol. The molecule has 0 saturated heterocycles. The van der Waals surface area contributed by atoms with Crippen LogP contribution in [-0.2, 0) is 9.59 Å². The van der Waals surface area contributed by atoms with Gasteiger partial charge in [0.25, 0.3) is 0 Å². The summed E-state index contributed by atoms with van der Waals surface area (Å²) in [5.41, 5.74) is 10.3. The van der Waals surface area contributed by atoms with Gasteiger partial charge in [-0.05, 0) is 18.8 Å². The molecule has 1 aliphatic rings. The quantitative estimate of drug-likeness (QED) is 0.624. The highest BCUT2D eigenvalue weighted by Gasteiger charge is 2.37. The van der Waals surface area contributed by atoms with Crippen molar-refractivity contribution < 1.29 is 9.59 Å². The molecular weight excluding hydrogens is 206 g/mol. The lowest BCUT2D eigenvalue weighted by molar-refractivity contribution is -0.128. The van der Waals surface area contributed by atoms with Crippen LogP contribution in [-0.4, -0.2) is 23.9 Å². The minimum absolute atomic E-state index is 0.152. The largest absolute Gasteiger partial charge is 0.370 e. The van der Waals surface area contributed by atoms with E-state index in [9.17, 15) is 9.59 Å². The van der Waals surface area contributed by atoms with Gasteiger partial charge in [-0.2, -0.15) is 0 Å². The van der Waals surface area contributed by atoms with Gasteiger partial charge < -0.3 is 16.8 Å². The van der Waals surface area contributed by atoms with Gasteiger partial charge in [0.1, 0.15) is 0 Å². The van der Waals surface area contributed by atoms with Crippen molar-refractivity contribution in [3.05, 3.63) is 0 Å². The third-order valence-electron chi connectivity index (χ3n) is 3.14. The molecule has 5 nitrogen and oxygen atoms in total. The van der Waals surface area contributed by atoms with Crippen LogP contribution in [0.5, 0.6) is 0 Å². The first-order valence-electron chi connectivity index (χ1n) is 5.79. The summed E-state index contributed by atoms with van der Waals surface area (Å²) in [7, 11) is 0. The molecule has 5 heteroatoms. The van der Waals surface area contributed by atoms with Crippen molar-refractivity contribution in [2.24, 2.45) is 17.4 Å². The van der Waals surface area contributed by atoms with Gasteiger partial charge >= 0.3 is 0 Å². The molecule has 2 amide bonds. The summed E-state index contributed by atoms with van der Waals surface area (Å²) in [5.74, 6) is -0.0793. The van der Waals surface area contributed by atoms with E-state index in [2.05, 4.69) is 12.2 Å². The highest BCUT2D eigenvalue weighted by atomic mass is 16.2. The Hall–Kier alpha value is -1.10. The summed E-state index contributed by atoms with van der Waals surface area (Å²) >= 11 is 0. The van der Waals surface area contributed by atoms with Crippen LogP contribution in [0.4, 0.5) is 0 Å². The van der Waals surface area contributed by atoms with E-state index in [4.69, 9.17) is 11.5 Å². The van der Waals surface area contributed by atoms with E-state index in [-0.39, 0.29) is 18.9 Å². The molecule has 2 unspecified atom stereocenters. The van der Waals surface area contributed by atoms with E-state index in [0.717, 1.165) is 25.7 Å². The molecule has 0 heterocycles. The van der Waals surface area contributed by atoms with Gasteiger partial charge in [-0.3, -0.25) is 9.59 Å². The first-order valence-corrected chi connectivity index (χ1v) is 5.79. The molecule has 92 valence electrons. The Kier molecular flexibility index (Phi) is 4.29. The summed E-state index contributed by atoms with van der Waals surface area (Å²) < 4.78 is 0. The van der Waals surface area contributed by atoms with Gasteiger partial charge in [-0.25, -0.2) is 0 Å². The Morgan fingerprint density at radius 3 is 2.75 bits per heavy atom. The van der Waals surface area contributed by atoms with Gasteiger partial charge in [0.2, 0.25) is 11.8 Å². The maximum Gasteiger partial charge on any atom is 0.240 e. The van der Waals surface area contributed by atoms with E-state index in [0.29, 0.717) is 5.92 Å².